The second kappa shape index (κ2) is 12.8. The summed E-state index contributed by atoms with van der Waals surface area (Å²) in [7, 11) is 0. The summed E-state index contributed by atoms with van der Waals surface area (Å²) in [6, 6.07) is 15.0. The molecule has 2 aromatic heterocycles. The van der Waals surface area contributed by atoms with Crippen LogP contribution >= 0.6 is 24.0 Å². The largest absolute Gasteiger partial charge is 0.444 e. The van der Waals surface area contributed by atoms with Gasteiger partial charge in [0.1, 0.15) is 12.0 Å². The molecule has 0 saturated heterocycles. The number of unbranched alkanes of at least 4 members (excludes halogenated alkanes) is 1. The van der Waals surface area contributed by atoms with Crippen molar-refractivity contribution in [1.82, 2.24) is 20.2 Å². The number of hydrogen-bond acceptors (Lipinski definition) is 4. The molecule has 0 aliphatic heterocycles. The van der Waals surface area contributed by atoms with Crippen LogP contribution in [0.1, 0.15) is 25.5 Å². The molecule has 3 aromatic rings. The molecule has 0 unspecified atom stereocenters. The molecule has 8 heteroatoms. The molecule has 0 aliphatic carbocycles. The van der Waals surface area contributed by atoms with Crippen molar-refractivity contribution in [1.29, 1.82) is 0 Å². The number of pyridine rings is 1. The fraction of sp³-hybridized carbons (Fsp3) is 0.318. The third kappa shape index (κ3) is 7.33. The normalized spacial score (nSPS) is 11.0. The first-order valence-electron chi connectivity index (χ1n) is 9.93. The van der Waals surface area contributed by atoms with Gasteiger partial charge in [0, 0.05) is 37.5 Å². The zero-order valence-corrected chi connectivity index (χ0v) is 19.4. The van der Waals surface area contributed by atoms with E-state index >= 15 is 0 Å². The molecular weight excluding hydrogens is 493 g/mol. The van der Waals surface area contributed by atoms with Crippen LogP contribution in [0.25, 0.3) is 11.5 Å². The van der Waals surface area contributed by atoms with Crippen molar-refractivity contribution in [3.8, 4) is 11.5 Å². The zero-order chi connectivity index (χ0) is 20.3. The Labute approximate surface area is 193 Å². The third-order valence-corrected chi connectivity index (χ3v) is 4.33. The van der Waals surface area contributed by atoms with E-state index in [0.29, 0.717) is 12.4 Å². The Balaban J connectivity index is 0.00000320. The topological polar surface area (TPSA) is 84.4 Å². The van der Waals surface area contributed by atoms with E-state index in [2.05, 4.69) is 20.6 Å². The Kier molecular flexibility index (Phi) is 10.1. The third-order valence-electron chi connectivity index (χ3n) is 4.33. The first-order chi connectivity index (χ1) is 14.3. The van der Waals surface area contributed by atoms with Gasteiger partial charge < -0.3 is 19.6 Å². The molecule has 0 saturated carbocycles. The summed E-state index contributed by atoms with van der Waals surface area (Å²) in [6.07, 6.45) is 5.32. The van der Waals surface area contributed by atoms with Crippen LogP contribution in [-0.2, 0) is 13.1 Å². The lowest BCUT2D eigenvalue weighted by Gasteiger charge is -2.11. The molecule has 1 aromatic carbocycles. The summed E-state index contributed by atoms with van der Waals surface area (Å²) >= 11 is 0. The van der Waals surface area contributed by atoms with E-state index in [9.17, 15) is 4.79 Å². The number of rotatable bonds is 9. The lowest BCUT2D eigenvalue weighted by molar-refractivity contribution is 0.572. The van der Waals surface area contributed by atoms with E-state index in [0.717, 1.165) is 49.7 Å². The number of hydrogen-bond donors (Lipinski definition) is 2. The van der Waals surface area contributed by atoms with Gasteiger partial charge in [-0.05, 0) is 38.0 Å². The van der Waals surface area contributed by atoms with Crippen LogP contribution in [0.15, 0.2) is 75.2 Å². The average molecular weight is 521 g/mol. The molecule has 2 heterocycles. The predicted octanol–water partition coefficient (Wildman–Crippen LogP) is 3.66. The van der Waals surface area contributed by atoms with Gasteiger partial charge in [-0.15, -0.1) is 24.0 Å². The number of aromatic nitrogens is 2. The summed E-state index contributed by atoms with van der Waals surface area (Å²) in [4.78, 5) is 20.8. The fourth-order valence-electron chi connectivity index (χ4n) is 2.85. The predicted molar refractivity (Wildman–Crippen MR) is 130 cm³/mol. The van der Waals surface area contributed by atoms with Gasteiger partial charge >= 0.3 is 0 Å². The van der Waals surface area contributed by atoms with Crippen LogP contribution in [0.5, 0.6) is 0 Å². The minimum Gasteiger partial charge on any atom is -0.444 e. The Morgan fingerprint density at radius 1 is 1.10 bits per heavy atom. The van der Waals surface area contributed by atoms with Gasteiger partial charge in [0.2, 0.25) is 11.4 Å². The van der Waals surface area contributed by atoms with Gasteiger partial charge in [0.15, 0.2) is 5.96 Å². The van der Waals surface area contributed by atoms with Crippen LogP contribution in [0.3, 0.4) is 0 Å². The maximum Gasteiger partial charge on any atom is 0.250 e. The highest BCUT2D eigenvalue weighted by Gasteiger charge is 2.06. The van der Waals surface area contributed by atoms with E-state index in [1.54, 1.807) is 23.0 Å². The Morgan fingerprint density at radius 2 is 1.90 bits per heavy atom. The quantitative estimate of drug-likeness (QED) is 0.194. The molecule has 0 amide bonds. The molecule has 0 fully saturated rings. The monoisotopic (exact) mass is 521 g/mol. The molecule has 0 radical (unpaired) electrons. The van der Waals surface area contributed by atoms with Gasteiger partial charge in [-0.2, -0.15) is 0 Å². The summed E-state index contributed by atoms with van der Waals surface area (Å²) in [5.74, 6) is 1.35. The molecule has 30 heavy (non-hydrogen) atoms. The molecule has 160 valence electrons. The highest BCUT2D eigenvalue weighted by atomic mass is 127. The number of benzene rings is 1. The fourth-order valence-corrected chi connectivity index (χ4v) is 2.85. The number of nitrogens with zero attached hydrogens (tertiary/aromatic N) is 3. The van der Waals surface area contributed by atoms with Gasteiger partial charge in [-0.1, -0.05) is 24.3 Å². The molecule has 0 bridgehead atoms. The standard InChI is InChI=1S/C22H27N5O2.HI/c1-2-23-22(24-13-7-9-15-27-14-8-6-12-20(27)28)25-16-19-17-29-21(26-19)18-10-4-3-5-11-18;/h3-6,8,10-12,14,17H,2,7,9,13,15-16H2,1H3,(H2,23,24,25);1H. The minimum absolute atomic E-state index is 0. The number of aliphatic imine (C=N–C) groups is 1. The van der Waals surface area contributed by atoms with Crippen LogP contribution < -0.4 is 16.2 Å². The van der Waals surface area contributed by atoms with Crippen LogP contribution in [0.4, 0.5) is 0 Å². The Morgan fingerprint density at radius 3 is 2.67 bits per heavy atom. The van der Waals surface area contributed by atoms with Gasteiger partial charge in [0.25, 0.3) is 0 Å². The van der Waals surface area contributed by atoms with Crippen molar-refractivity contribution >= 4 is 29.9 Å². The van der Waals surface area contributed by atoms with Crippen LogP contribution in [-0.4, -0.2) is 28.6 Å². The summed E-state index contributed by atoms with van der Waals surface area (Å²) in [5.41, 5.74) is 1.77. The smallest absolute Gasteiger partial charge is 0.250 e. The lowest BCUT2D eigenvalue weighted by Crippen LogP contribution is -2.37. The van der Waals surface area contributed by atoms with Crippen LogP contribution in [0.2, 0.25) is 0 Å². The van der Waals surface area contributed by atoms with Crippen molar-refractivity contribution in [2.75, 3.05) is 13.1 Å². The molecule has 0 atom stereocenters. The second-order valence-electron chi connectivity index (χ2n) is 6.57. The Bertz CT molecular complexity index is 969. The Hall–Kier alpha value is -2.62. The summed E-state index contributed by atoms with van der Waals surface area (Å²) in [6.45, 7) is 4.74. The maximum absolute atomic E-state index is 11.7. The van der Waals surface area contributed by atoms with Crippen molar-refractivity contribution in [3.05, 3.63) is 77.0 Å². The van der Waals surface area contributed by atoms with Crippen molar-refractivity contribution < 1.29 is 4.42 Å². The summed E-state index contributed by atoms with van der Waals surface area (Å²) < 4.78 is 7.29. The number of guanidine groups is 1. The molecule has 0 aliphatic rings. The minimum atomic E-state index is 0. The number of aryl methyl sites for hydroxylation is 1. The van der Waals surface area contributed by atoms with Crippen LogP contribution in [0, 0.1) is 0 Å². The van der Waals surface area contributed by atoms with Gasteiger partial charge in [-0.25, -0.2) is 9.98 Å². The SMILES string of the molecule is CCNC(=NCc1coc(-c2ccccc2)n1)NCCCCn1ccccc1=O.I. The molecule has 0 spiro atoms. The van der Waals surface area contributed by atoms with Gasteiger partial charge in [-0.3, -0.25) is 4.79 Å². The average Bonchev–Trinajstić information content (AvgIpc) is 3.23. The van der Waals surface area contributed by atoms with Crippen molar-refractivity contribution in [2.24, 2.45) is 4.99 Å². The van der Waals surface area contributed by atoms with Crippen molar-refractivity contribution in [2.45, 2.75) is 32.9 Å². The van der Waals surface area contributed by atoms with E-state index < -0.39 is 0 Å². The summed E-state index contributed by atoms with van der Waals surface area (Å²) in [5, 5.41) is 6.56. The molecule has 3 rings (SSSR count). The van der Waals surface area contributed by atoms with E-state index in [1.807, 2.05) is 49.5 Å². The first kappa shape index (κ1) is 23.7. The lowest BCUT2D eigenvalue weighted by atomic mass is 10.2. The molecule has 7 nitrogen and oxygen atoms in total. The van der Waals surface area contributed by atoms with Crippen molar-refractivity contribution in [3.63, 3.8) is 0 Å². The highest BCUT2D eigenvalue weighted by Crippen LogP contribution is 2.18. The van der Waals surface area contributed by atoms with E-state index in [1.165, 1.54) is 0 Å². The first-order valence-corrected chi connectivity index (χ1v) is 9.93. The maximum atomic E-state index is 11.7. The zero-order valence-electron chi connectivity index (χ0n) is 17.1. The molecule has 2 N–H and O–H groups in total. The number of halogens is 1. The number of nitrogens with one attached hydrogen (secondary N) is 2. The van der Waals surface area contributed by atoms with Gasteiger partial charge in [0.05, 0.1) is 6.54 Å². The van der Waals surface area contributed by atoms with E-state index in [4.69, 9.17) is 4.42 Å². The second-order valence-corrected chi connectivity index (χ2v) is 6.57. The van der Waals surface area contributed by atoms with E-state index in [-0.39, 0.29) is 29.5 Å². The molecular formula is C22H28IN5O2. The number of oxazole rings is 1. The highest BCUT2D eigenvalue weighted by molar-refractivity contribution is 14.0.